The van der Waals surface area contributed by atoms with Crippen LogP contribution in [0, 0.1) is 3.57 Å². The van der Waals surface area contributed by atoms with E-state index in [9.17, 15) is 9.59 Å². The minimum Gasteiger partial charge on any atom is -0.493 e. The van der Waals surface area contributed by atoms with Crippen LogP contribution in [-0.4, -0.2) is 49.3 Å². The maximum atomic E-state index is 12.8. The first kappa shape index (κ1) is 25.1. The molecule has 0 radical (unpaired) electrons. The van der Waals surface area contributed by atoms with Crippen LogP contribution in [0.4, 0.5) is 5.69 Å². The molecule has 0 atom stereocenters. The molecule has 7 nitrogen and oxygen atoms in total. The number of methoxy groups -OCH3 is 1. The Kier molecular flexibility index (Phi) is 8.79. The first-order valence-corrected chi connectivity index (χ1v) is 12.3. The Morgan fingerprint density at radius 3 is 2.73 bits per heavy atom. The van der Waals surface area contributed by atoms with Crippen LogP contribution in [0.2, 0.25) is 0 Å². The SMILES string of the molecule is CCCOc1c(I)cc(C=C2SC(=Nc3cccc(C(=O)OCC)c3)N(C)C2=O)cc1OC. The van der Waals surface area contributed by atoms with E-state index >= 15 is 0 Å². The quantitative estimate of drug-likeness (QED) is 0.233. The van der Waals surface area contributed by atoms with E-state index < -0.39 is 5.97 Å². The van der Waals surface area contributed by atoms with E-state index in [-0.39, 0.29) is 5.91 Å². The van der Waals surface area contributed by atoms with Crippen LogP contribution in [0.15, 0.2) is 46.3 Å². The number of amidine groups is 1. The standard InChI is InChI=1S/C24H25IN2O5S/c1-5-10-32-21-18(25)11-15(12-19(21)30-4)13-20-22(28)27(3)24(33-20)26-17-9-7-8-16(14-17)23(29)31-6-2/h7-9,11-14H,5-6,10H2,1-4H3. The van der Waals surface area contributed by atoms with Crippen LogP contribution in [0.3, 0.4) is 0 Å². The number of amides is 1. The molecule has 174 valence electrons. The summed E-state index contributed by atoms with van der Waals surface area (Å²) in [6.07, 6.45) is 2.71. The van der Waals surface area contributed by atoms with Gasteiger partial charge in [0.05, 0.1) is 40.0 Å². The Morgan fingerprint density at radius 1 is 1.24 bits per heavy atom. The smallest absolute Gasteiger partial charge is 0.338 e. The maximum absolute atomic E-state index is 12.8. The molecule has 33 heavy (non-hydrogen) atoms. The van der Waals surface area contributed by atoms with Crippen molar-refractivity contribution < 1.29 is 23.8 Å². The lowest BCUT2D eigenvalue weighted by Crippen LogP contribution is -2.23. The minimum absolute atomic E-state index is 0.152. The molecule has 1 aliphatic rings. The fourth-order valence-electron chi connectivity index (χ4n) is 3.00. The molecule has 2 aromatic carbocycles. The third-order valence-corrected chi connectivity index (χ3v) is 6.45. The van der Waals surface area contributed by atoms with E-state index in [1.165, 1.54) is 16.7 Å². The highest BCUT2D eigenvalue weighted by Crippen LogP contribution is 2.37. The molecule has 0 unspecified atom stereocenters. The van der Waals surface area contributed by atoms with Gasteiger partial charge < -0.3 is 14.2 Å². The zero-order chi connectivity index (χ0) is 24.0. The molecule has 0 bridgehead atoms. The van der Waals surface area contributed by atoms with Crippen molar-refractivity contribution in [2.45, 2.75) is 20.3 Å². The van der Waals surface area contributed by atoms with Crippen molar-refractivity contribution in [1.82, 2.24) is 4.90 Å². The highest BCUT2D eigenvalue weighted by molar-refractivity contribution is 14.1. The molecule has 1 fully saturated rings. The second-order valence-corrected chi connectivity index (χ2v) is 9.19. The summed E-state index contributed by atoms with van der Waals surface area (Å²) in [5.41, 5.74) is 1.81. The molecular weight excluding hydrogens is 555 g/mol. The van der Waals surface area contributed by atoms with Crippen molar-refractivity contribution >= 4 is 63.2 Å². The van der Waals surface area contributed by atoms with E-state index in [0.717, 1.165) is 15.6 Å². The molecule has 1 aliphatic heterocycles. The van der Waals surface area contributed by atoms with Crippen molar-refractivity contribution in [2.75, 3.05) is 27.4 Å². The summed E-state index contributed by atoms with van der Waals surface area (Å²) in [5, 5.41) is 0.525. The number of benzene rings is 2. The van der Waals surface area contributed by atoms with Gasteiger partial charge in [-0.15, -0.1) is 0 Å². The minimum atomic E-state index is -0.404. The van der Waals surface area contributed by atoms with Gasteiger partial charge in [-0.2, -0.15) is 0 Å². The molecule has 0 saturated carbocycles. The number of hydrogen-bond donors (Lipinski definition) is 0. The molecule has 3 rings (SSSR count). The second kappa shape index (κ2) is 11.6. The van der Waals surface area contributed by atoms with Gasteiger partial charge in [0.25, 0.3) is 5.91 Å². The molecule has 2 aromatic rings. The number of halogens is 1. The summed E-state index contributed by atoms with van der Waals surface area (Å²) in [4.78, 5) is 31.4. The number of rotatable bonds is 8. The average Bonchev–Trinajstić information content (AvgIpc) is 3.06. The Balaban J connectivity index is 1.88. The Labute approximate surface area is 211 Å². The number of esters is 1. The fourth-order valence-corrected chi connectivity index (χ4v) is 4.77. The molecule has 0 spiro atoms. The predicted octanol–water partition coefficient (Wildman–Crippen LogP) is 5.50. The predicted molar refractivity (Wildman–Crippen MR) is 139 cm³/mol. The fraction of sp³-hybridized carbons (Fsp3) is 0.292. The molecule has 0 aromatic heterocycles. The lowest BCUT2D eigenvalue weighted by molar-refractivity contribution is -0.121. The number of nitrogens with zero attached hydrogens (tertiary/aromatic N) is 2. The summed E-state index contributed by atoms with van der Waals surface area (Å²) >= 11 is 3.48. The third kappa shape index (κ3) is 6.08. The lowest BCUT2D eigenvalue weighted by atomic mass is 10.2. The van der Waals surface area contributed by atoms with E-state index in [0.29, 0.717) is 46.0 Å². The Hall–Kier alpha value is -2.53. The van der Waals surface area contributed by atoms with E-state index in [1.807, 2.05) is 25.1 Å². The van der Waals surface area contributed by atoms with Gasteiger partial charge in [0.1, 0.15) is 0 Å². The van der Waals surface area contributed by atoms with Gasteiger partial charge in [-0.1, -0.05) is 13.0 Å². The van der Waals surface area contributed by atoms with Crippen LogP contribution in [0.25, 0.3) is 6.08 Å². The summed E-state index contributed by atoms with van der Waals surface area (Å²) in [5.74, 6) is 0.767. The van der Waals surface area contributed by atoms with E-state index in [1.54, 1.807) is 45.3 Å². The largest absolute Gasteiger partial charge is 0.493 e. The summed E-state index contributed by atoms with van der Waals surface area (Å²) in [6, 6.07) is 10.6. The number of carbonyl (C=O) groups is 2. The van der Waals surface area contributed by atoms with Crippen molar-refractivity contribution in [3.8, 4) is 11.5 Å². The Morgan fingerprint density at radius 2 is 2.03 bits per heavy atom. The van der Waals surface area contributed by atoms with Crippen molar-refractivity contribution in [3.63, 3.8) is 0 Å². The van der Waals surface area contributed by atoms with Crippen molar-refractivity contribution in [1.29, 1.82) is 0 Å². The maximum Gasteiger partial charge on any atom is 0.338 e. The number of ether oxygens (including phenoxy) is 3. The summed E-state index contributed by atoms with van der Waals surface area (Å²) < 4.78 is 17.3. The van der Waals surface area contributed by atoms with Gasteiger partial charge in [-0.05, 0) is 89.7 Å². The molecular formula is C24H25IN2O5S. The number of carbonyl (C=O) groups excluding carboxylic acids is 2. The first-order valence-electron chi connectivity index (χ1n) is 10.4. The molecule has 1 heterocycles. The van der Waals surface area contributed by atoms with Gasteiger partial charge >= 0.3 is 5.97 Å². The van der Waals surface area contributed by atoms with Gasteiger partial charge in [-0.25, -0.2) is 9.79 Å². The summed E-state index contributed by atoms with van der Waals surface area (Å²) in [7, 11) is 3.27. The summed E-state index contributed by atoms with van der Waals surface area (Å²) in [6.45, 7) is 4.70. The van der Waals surface area contributed by atoms with Crippen LogP contribution >= 0.6 is 34.4 Å². The van der Waals surface area contributed by atoms with Crippen LogP contribution in [0.5, 0.6) is 11.5 Å². The monoisotopic (exact) mass is 580 g/mol. The number of aliphatic imine (C=N–C) groups is 1. The second-order valence-electron chi connectivity index (χ2n) is 7.02. The third-order valence-electron chi connectivity index (χ3n) is 4.59. The Bertz CT molecular complexity index is 1120. The van der Waals surface area contributed by atoms with Gasteiger partial charge in [0.2, 0.25) is 0 Å². The van der Waals surface area contributed by atoms with Gasteiger partial charge in [-0.3, -0.25) is 9.69 Å². The van der Waals surface area contributed by atoms with Gasteiger partial charge in [0.15, 0.2) is 16.7 Å². The van der Waals surface area contributed by atoms with Gasteiger partial charge in [0, 0.05) is 7.05 Å². The first-order chi connectivity index (χ1) is 15.9. The van der Waals surface area contributed by atoms with E-state index in [2.05, 4.69) is 27.6 Å². The molecule has 0 aliphatic carbocycles. The highest BCUT2D eigenvalue weighted by Gasteiger charge is 2.30. The molecule has 1 amide bonds. The van der Waals surface area contributed by atoms with Crippen molar-refractivity contribution in [3.05, 3.63) is 56.0 Å². The van der Waals surface area contributed by atoms with E-state index in [4.69, 9.17) is 14.2 Å². The van der Waals surface area contributed by atoms with Crippen LogP contribution in [0.1, 0.15) is 36.2 Å². The topological polar surface area (TPSA) is 77.4 Å². The number of hydrogen-bond acceptors (Lipinski definition) is 7. The lowest BCUT2D eigenvalue weighted by Gasteiger charge is -2.13. The number of thioether (sulfide) groups is 1. The highest BCUT2D eigenvalue weighted by atomic mass is 127. The van der Waals surface area contributed by atoms with Crippen LogP contribution < -0.4 is 9.47 Å². The zero-order valence-corrected chi connectivity index (χ0v) is 21.9. The zero-order valence-electron chi connectivity index (χ0n) is 18.9. The van der Waals surface area contributed by atoms with Crippen LogP contribution in [-0.2, 0) is 9.53 Å². The number of likely N-dealkylation sites (N-methyl/N-ethyl adjacent to an activating group) is 1. The molecule has 1 saturated heterocycles. The normalized spacial score (nSPS) is 15.9. The average molecular weight is 580 g/mol. The molecule has 0 N–H and O–H groups in total. The molecule has 9 heteroatoms. The van der Waals surface area contributed by atoms with Crippen molar-refractivity contribution in [2.24, 2.45) is 4.99 Å².